The molecule has 2 aromatic carbocycles. The van der Waals surface area contributed by atoms with E-state index in [-0.39, 0.29) is 12.4 Å². The number of amides is 1. The van der Waals surface area contributed by atoms with Gasteiger partial charge in [-0.3, -0.25) is 9.59 Å². The highest BCUT2D eigenvalue weighted by Gasteiger charge is 2.11. The van der Waals surface area contributed by atoms with E-state index in [1.54, 1.807) is 31.2 Å². The van der Waals surface area contributed by atoms with E-state index in [1.165, 1.54) is 24.3 Å². The van der Waals surface area contributed by atoms with Crippen molar-refractivity contribution in [3.8, 4) is 5.75 Å². The van der Waals surface area contributed by atoms with Gasteiger partial charge in [0.1, 0.15) is 5.75 Å². The van der Waals surface area contributed by atoms with Crippen LogP contribution in [0.1, 0.15) is 27.6 Å². The largest absolute Gasteiger partial charge is 0.481 e. The summed E-state index contributed by atoms with van der Waals surface area (Å²) in [6.45, 7) is 1.04. The number of para-hydroxylation sites is 1. The maximum atomic E-state index is 11.8. The number of aldehydes is 1. The summed E-state index contributed by atoms with van der Waals surface area (Å²) in [6.07, 6.45) is 0.612. The predicted octanol–water partition coefficient (Wildman–Crippen LogP) is 2.24. The van der Waals surface area contributed by atoms with Gasteiger partial charge < -0.3 is 19.5 Å². The average Bonchev–Trinajstić information content (AvgIpc) is 2.71. The van der Waals surface area contributed by atoms with Crippen molar-refractivity contribution in [3.05, 3.63) is 59.7 Å². The molecule has 0 aromatic heterocycles. The Morgan fingerprint density at radius 3 is 2.36 bits per heavy atom. The lowest BCUT2D eigenvalue weighted by atomic mass is 10.2. The summed E-state index contributed by atoms with van der Waals surface area (Å²) in [5, 5.41) is 2.53. The molecule has 0 spiro atoms. The first-order chi connectivity index (χ1) is 13.5. The zero-order valence-electron chi connectivity index (χ0n) is 15.2. The first kappa shape index (κ1) is 20.6. The van der Waals surface area contributed by atoms with E-state index in [4.69, 9.17) is 14.2 Å². The molecule has 0 atom stereocenters. The van der Waals surface area contributed by atoms with Gasteiger partial charge in [-0.15, -0.1) is 0 Å². The molecular formula is C20H19NO7. The van der Waals surface area contributed by atoms with E-state index < -0.39 is 31.1 Å². The quantitative estimate of drug-likeness (QED) is 0.521. The number of carbonyl (C=O) groups excluding carboxylic acids is 4. The lowest BCUT2D eigenvalue weighted by Crippen LogP contribution is -2.23. The summed E-state index contributed by atoms with van der Waals surface area (Å²) < 4.78 is 14.9. The third-order valence-corrected chi connectivity index (χ3v) is 3.44. The van der Waals surface area contributed by atoms with Crippen LogP contribution in [0.4, 0.5) is 5.69 Å². The molecule has 0 aliphatic rings. The second-order valence-electron chi connectivity index (χ2n) is 5.45. The highest BCUT2D eigenvalue weighted by molar-refractivity contribution is 5.94. The van der Waals surface area contributed by atoms with Gasteiger partial charge in [0.2, 0.25) is 0 Å². The summed E-state index contributed by atoms with van der Waals surface area (Å²) in [7, 11) is 0. The lowest BCUT2D eigenvalue weighted by Gasteiger charge is -2.09. The summed E-state index contributed by atoms with van der Waals surface area (Å²) in [6, 6.07) is 12.5. The number of nitrogens with one attached hydrogen (secondary N) is 1. The highest BCUT2D eigenvalue weighted by atomic mass is 16.6. The Balaban J connectivity index is 1.76. The van der Waals surface area contributed by atoms with Crippen LogP contribution in [0.2, 0.25) is 0 Å². The second-order valence-corrected chi connectivity index (χ2v) is 5.45. The van der Waals surface area contributed by atoms with Gasteiger partial charge in [0.15, 0.2) is 19.5 Å². The molecule has 146 valence electrons. The number of carbonyl (C=O) groups is 4. The fraction of sp³-hybridized carbons (Fsp3) is 0.200. The Kier molecular flexibility index (Phi) is 7.71. The number of anilines is 1. The van der Waals surface area contributed by atoms with Crippen LogP contribution >= 0.6 is 0 Å². The van der Waals surface area contributed by atoms with E-state index in [0.717, 1.165) is 0 Å². The minimum atomic E-state index is -0.756. The van der Waals surface area contributed by atoms with Gasteiger partial charge in [-0.2, -0.15) is 0 Å². The molecule has 8 heteroatoms. The van der Waals surface area contributed by atoms with Crippen LogP contribution < -0.4 is 10.1 Å². The molecule has 0 heterocycles. The topological polar surface area (TPSA) is 108 Å². The van der Waals surface area contributed by atoms with Crippen molar-refractivity contribution in [2.24, 2.45) is 0 Å². The van der Waals surface area contributed by atoms with Crippen molar-refractivity contribution in [2.75, 3.05) is 25.1 Å². The lowest BCUT2D eigenvalue weighted by molar-refractivity contribution is -0.149. The van der Waals surface area contributed by atoms with Crippen molar-refractivity contribution in [2.45, 2.75) is 6.92 Å². The maximum Gasteiger partial charge on any atom is 0.344 e. The Morgan fingerprint density at radius 1 is 0.964 bits per heavy atom. The Hall–Kier alpha value is -3.68. The SMILES string of the molecule is CCOC(=O)c1ccc(NC(=O)COC(=O)COc2ccccc2C=O)cc1. The Morgan fingerprint density at radius 2 is 1.68 bits per heavy atom. The van der Waals surface area contributed by atoms with Crippen LogP contribution in [0.5, 0.6) is 5.75 Å². The van der Waals surface area contributed by atoms with Crippen molar-refractivity contribution in [1.82, 2.24) is 0 Å². The van der Waals surface area contributed by atoms with Crippen LogP contribution in [-0.2, 0) is 19.1 Å². The number of ether oxygens (including phenoxy) is 3. The van der Waals surface area contributed by atoms with Gasteiger partial charge in [-0.1, -0.05) is 12.1 Å². The zero-order chi connectivity index (χ0) is 20.4. The zero-order valence-corrected chi connectivity index (χ0v) is 15.2. The van der Waals surface area contributed by atoms with Gasteiger partial charge in [0.25, 0.3) is 5.91 Å². The molecule has 8 nitrogen and oxygen atoms in total. The molecule has 0 fully saturated rings. The monoisotopic (exact) mass is 385 g/mol. The molecule has 28 heavy (non-hydrogen) atoms. The molecule has 0 bridgehead atoms. The van der Waals surface area contributed by atoms with Crippen LogP contribution in [0.25, 0.3) is 0 Å². The third kappa shape index (κ3) is 6.24. The standard InChI is InChI=1S/C20H19NO7/c1-2-26-20(25)14-7-9-16(10-8-14)21-18(23)12-28-19(24)13-27-17-6-4-3-5-15(17)11-22/h3-11H,2,12-13H2,1H3,(H,21,23). The molecule has 0 aliphatic carbocycles. The smallest absolute Gasteiger partial charge is 0.344 e. The molecule has 2 aromatic rings. The molecule has 1 amide bonds. The van der Waals surface area contributed by atoms with E-state index in [9.17, 15) is 19.2 Å². The van der Waals surface area contributed by atoms with Crippen LogP contribution in [0, 0.1) is 0 Å². The maximum absolute atomic E-state index is 11.8. The normalized spacial score (nSPS) is 9.89. The second kappa shape index (κ2) is 10.5. The first-order valence-corrected chi connectivity index (χ1v) is 8.43. The number of esters is 2. The van der Waals surface area contributed by atoms with E-state index in [2.05, 4.69) is 5.32 Å². The molecule has 0 saturated heterocycles. The number of benzene rings is 2. The molecule has 1 N–H and O–H groups in total. The van der Waals surface area contributed by atoms with Crippen molar-refractivity contribution in [1.29, 1.82) is 0 Å². The molecule has 0 radical (unpaired) electrons. The fourth-order valence-electron chi connectivity index (χ4n) is 2.13. The number of hydrogen-bond donors (Lipinski definition) is 1. The van der Waals surface area contributed by atoms with Crippen LogP contribution in [-0.4, -0.2) is 44.0 Å². The van der Waals surface area contributed by atoms with Gasteiger partial charge in [-0.05, 0) is 43.3 Å². The van der Waals surface area contributed by atoms with Gasteiger partial charge in [0.05, 0.1) is 17.7 Å². The number of hydrogen-bond acceptors (Lipinski definition) is 7. The third-order valence-electron chi connectivity index (χ3n) is 3.44. The average molecular weight is 385 g/mol. The van der Waals surface area contributed by atoms with Crippen LogP contribution in [0.15, 0.2) is 48.5 Å². The summed E-state index contributed by atoms with van der Waals surface area (Å²) in [5.74, 6) is -1.51. The van der Waals surface area contributed by atoms with E-state index >= 15 is 0 Å². The summed E-state index contributed by atoms with van der Waals surface area (Å²) in [5.41, 5.74) is 1.10. The predicted molar refractivity (Wildman–Crippen MR) is 99.3 cm³/mol. The van der Waals surface area contributed by atoms with Crippen molar-refractivity contribution < 1.29 is 33.4 Å². The molecule has 2 rings (SSSR count). The van der Waals surface area contributed by atoms with E-state index in [0.29, 0.717) is 23.1 Å². The molecule has 0 unspecified atom stereocenters. The summed E-state index contributed by atoms with van der Waals surface area (Å²) >= 11 is 0. The molecule has 0 aliphatic heterocycles. The molecule has 0 saturated carbocycles. The van der Waals surface area contributed by atoms with Crippen molar-refractivity contribution in [3.63, 3.8) is 0 Å². The van der Waals surface area contributed by atoms with Crippen LogP contribution in [0.3, 0.4) is 0 Å². The van der Waals surface area contributed by atoms with Crippen molar-refractivity contribution >= 4 is 29.8 Å². The Bertz CT molecular complexity index is 846. The minimum Gasteiger partial charge on any atom is -0.481 e. The van der Waals surface area contributed by atoms with E-state index in [1.807, 2.05) is 0 Å². The number of rotatable bonds is 9. The van der Waals surface area contributed by atoms with Gasteiger partial charge >= 0.3 is 11.9 Å². The highest BCUT2D eigenvalue weighted by Crippen LogP contribution is 2.15. The minimum absolute atomic E-state index is 0.251. The first-order valence-electron chi connectivity index (χ1n) is 8.43. The van der Waals surface area contributed by atoms with Gasteiger partial charge in [0, 0.05) is 5.69 Å². The Labute approximate surface area is 161 Å². The summed E-state index contributed by atoms with van der Waals surface area (Å²) in [4.78, 5) is 46.0. The van der Waals surface area contributed by atoms with Gasteiger partial charge in [-0.25, -0.2) is 9.59 Å². The fourth-order valence-corrected chi connectivity index (χ4v) is 2.13. The molecular weight excluding hydrogens is 366 g/mol.